The number of halogens is 2. The molecule has 0 radical (unpaired) electrons. The monoisotopic (exact) mass is 435 g/mol. The standard InChI is InChI=1S/C17H11BrClN3O4/c1-26-16-5-2-12(18)7-10(16)6-11(9-20)17(23)21-15-4-3-13(22(24)25)8-14(15)19/h2-8H,1H3,(H,21,23)/b11-6+. The Labute approximate surface area is 162 Å². The largest absolute Gasteiger partial charge is 0.496 e. The second-order valence-electron chi connectivity index (χ2n) is 4.93. The van der Waals surface area contributed by atoms with Gasteiger partial charge in [-0.05, 0) is 30.3 Å². The summed E-state index contributed by atoms with van der Waals surface area (Å²) in [5.74, 6) is -0.215. The molecule has 0 aliphatic rings. The number of nitro benzene ring substituents is 1. The van der Waals surface area contributed by atoms with Gasteiger partial charge in [-0.3, -0.25) is 14.9 Å². The highest BCUT2D eigenvalue weighted by atomic mass is 79.9. The molecule has 0 bridgehead atoms. The average Bonchev–Trinajstić information content (AvgIpc) is 2.61. The van der Waals surface area contributed by atoms with Gasteiger partial charge >= 0.3 is 0 Å². The molecular formula is C17H11BrClN3O4. The Hall–Kier alpha value is -2.89. The number of nitrogens with zero attached hydrogens (tertiary/aromatic N) is 2. The first kappa shape index (κ1) is 19.4. The van der Waals surface area contributed by atoms with E-state index >= 15 is 0 Å². The van der Waals surface area contributed by atoms with Crippen LogP contribution in [0, 0.1) is 21.4 Å². The number of hydrogen-bond donors (Lipinski definition) is 1. The Balaban J connectivity index is 2.32. The molecule has 0 fully saturated rings. The molecule has 0 aromatic heterocycles. The van der Waals surface area contributed by atoms with Crippen LogP contribution in [0.5, 0.6) is 5.75 Å². The Kier molecular flexibility index (Phi) is 6.33. The van der Waals surface area contributed by atoms with Gasteiger partial charge in [0.1, 0.15) is 17.4 Å². The van der Waals surface area contributed by atoms with Crippen LogP contribution in [0.25, 0.3) is 6.08 Å². The highest BCUT2D eigenvalue weighted by molar-refractivity contribution is 9.10. The first-order valence-corrected chi connectivity index (χ1v) is 8.23. The molecule has 0 saturated heterocycles. The molecule has 0 saturated carbocycles. The zero-order valence-corrected chi connectivity index (χ0v) is 15.7. The van der Waals surface area contributed by atoms with Crippen molar-refractivity contribution in [3.63, 3.8) is 0 Å². The fourth-order valence-corrected chi connectivity index (χ4v) is 2.63. The first-order chi connectivity index (χ1) is 12.3. The zero-order valence-electron chi connectivity index (χ0n) is 13.3. The van der Waals surface area contributed by atoms with E-state index in [0.717, 1.165) is 10.5 Å². The van der Waals surface area contributed by atoms with Crippen LogP contribution in [0.1, 0.15) is 5.56 Å². The van der Waals surface area contributed by atoms with Gasteiger partial charge in [0.15, 0.2) is 0 Å². The van der Waals surface area contributed by atoms with Gasteiger partial charge in [-0.15, -0.1) is 0 Å². The summed E-state index contributed by atoms with van der Waals surface area (Å²) in [5.41, 5.74) is 0.298. The summed E-state index contributed by atoms with van der Waals surface area (Å²) in [7, 11) is 1.48. The molecule has 0 spiro atoms. The highest BCUT2D eigenvalue weighted by Gasteiger charge is 2.15. The molecule has 132 valence electrons. The molecule has 0 aliphatic carbocycles. The summed E-state index contributed by atoms with van der Waals surface area (Å²) in [5, 5.41) is 22.5. The fraction of sp³-hybridized carbons (Fsp3) is 0.0588. The predicted molar refractivity (Wildman–Crippen MR) is 101 cm³/mol. The Morgan fingerprint density at radius 1 is 1.38 bits per heavy atom. The maximum absolute atomic E-state index is 12.4. The number of carbonyl (C=O) groups is 1. The molecule has 1 N–H and O–H groups in total. The quantitative estimate of drug-likeness (QED) is 0.320. The molecule has 0 atom stereocenters. The van der Waals surface area contributed by atoms with Crippen molar-refractivity contribution in [3.8, 4) is 11.8 Å². The van der Waals surface area contributed by atoms with Gasteiger partial charge in [0, 0.05) is 22.2 Å². The van der Waals surface area contributed by atoms with E-state index in [1.54, 1.807) is 18.2 Å². The number of carbonyl (C=O) groups excluding carboxylic acids is 1. The second kappa shape index (κ2) is 8.47. The molecule has 0 unspecified atom stereocenters. The van der Waals surface area contributed by atoms with Gasteiger partial charge in [0.2, 0.25) is 0 Å². The number of hydrogen-bond acceptors (Lipinski definition) is 5. The molecule has 7 nitrogen and oxygen atoms in total. The number of non-ortho nitro benzene ring substituents is 1. The molecular weight excluding hydrogens is 426 g/mol. The number of nitro groups is 1. The molecule has 0 heterocycles. The lowest BCUT2D eigenvalue weighted by Gasteiger charge is -2.08. The Morgan fingerprint density at radius 3 is 2.69 bits per heavy atom. The van der Waals surface area contributed by atoms with Gasteiger partial charge in [-0.2, -0.15) is 5.26 Å². The molecule has 26 heavy (non-hydrogen) atoms. The first-order valence-electron chi connectivity index (χ1n) is 7.06. The van der Waals surface area contributed by atoms with Crippen LogP contribution in [-0.4, -0.2) is 17.9 Å². The van der Waals surface area contributed by atoms with E-state index in [-0.39, 0.29) is 22.0 Å². The van der Waals surface area contributed by atoms with Gasteiger partial charge in [0.05, 0.1) is 22.7 Å². The van der Waals surface area contributed by atoms with Crippen molar-refractivity contribution in [2.75, 3.05) is 12.4 Å². The Bertz CT molecular complexity index is 954. The van der Waals surface area contributed by atoms with E-state index in [4.69, 9.17) is 16.3 Å². The lowest BCUT2D eigenvalue weighted by molar-refractivity contribution is -0.384. The topological polar surface area (TPSA) is 105 Å². The van der Waals surface area contributed by atoms with E-state index in [0.29, 0.717) is 11.3 Å². The fourth-order valence-electron chi connectivity index (χ4n) is 2.03. The summed E-state index contributed by atoms with van der Waals surface area (Å²) in [6, 6.07) is 10.6. The minimum atomic E-state index is -0.703. The zero-order chi connectivity index (χ0) is 19.3. The number of methoxy groups -OCH3 is 1. The molecule has 1 amide bonds. The summed E-state index contributed by atoms with van der Waals surface area (Å²) in [6.45, 7) is 0. The van der Waals surface area contributed by atoms with E-state index in [1.807, 2.05) is 6.07 Å². The molecule has 9 heteroatoms. The van der Waals surface area contributed by atoms with Crippen molar-refractivity contribution >= 4 is 50.9 Å². The number of anilines is 1. The molecule has 2 aromatic rings. The van der Waals surface area contributed by atoms with Gasteiger partial charge in [0.25, 0.3) is 11.6 Å². The highest BCUT2D eigenvalue weighted by Crippen LogP contribution is 2.28. The van der Waals surface area contributed by atoms with Crippen molar-refractivity contribution in [2.24, 2.45) is 0 Å². The second-order valence-corrected chi connectivity index (χ2v) is 6.25. The number of nitrogens with one attached hydrogen (secondary N) is 1. The average molecular weight is 437 g/mol. The lowest BCUT2D eigenvalue weighted by Crippen LogP contribution is -2.14. The van der Waals surface area contributed by atoms with Crippen LogP contribution >= 0.6 is 27.5 Å². The number of benzene rings is 2. The van der Waals surface area contributed by atoms with E-state index in [9.17, 15) is 20.2 Å². The third-order valence-corrected chi connectivity index (χ3v) is 4.07. The van der Waals surface area contributed by atoms with Crippen molar-refractivity contribution in [1.29, 1.82) is 5.26 Å². The number of ether oxygens (including phenoxy) is 1. The van der Waals surface area contributed by atoms with Crippen LogP contribution in [-0.2, 0) is 4.79 Å². The third-order valence-electron chi connectivity index (χ3n) is 3.27. The van der Waals surface area contributed by atoms with Crippen molar-refractivity contribution in [3.05, 3.63) is 67.1 Å². The summed E-state index contributed by atoms with van der Waals surface area (Å²) < 4.78 is 5.96. The predicted octanol–water partition coefficient (Wildman–Crippen LogP) is 4.56. The minimum absolute atomic E-state index is 0.00937. The summed E-state index contributed by atoms with van der Waals surface area (Å²) in [4.78, 5) is 22.5. The SMILES string of the molecule is COc1ccc(Br)cc1/C=C(\C#N)C(=O)Nc1ccc([N+](=O)[O-])cc1Cl. The maximum Gasteiger partial charge on any atom is 0.271 e. The molecule has 0 aliphatic heterocycles. The summed E-state index contributed by atoms with van der Waals surface area (Å²) in [6.07, 6.45) is 1.37. The smallest absolute Gasteiger partial charge is 0.271 e. The minimum Gasteiger partial charge on any atom is -0.496 e. The lowest BCUT2D eigenvalue weighted by atomic mass is 10.1. The van der Waals surface area contributed by atoms with Crippen LogP contribution in [0.3, 0.4) is 0 Å². The van der Waals surface area contributed by atoms with E-state index in [1.165, 1.54) is 25.3 Å². The van der Waals surface area contributed by atoms with Crippen LogP contribution in [0.4, 0.5) is 11.4 Å². The normalized spacial score (nSPS) is 10.8. The Morgan fingerprint density at radius 2 is 2.12 bits per heavy atom. The van der Waals surface area contributed by atoms with Gasteiger partial charge in [-0.1, -0.05) is 27.5 Å². The van der Waals surface area contributed by atoms with Gasteiger partial charge < -0.3 is 10.1 Å². The van der Waals surface area contributed by atoms with Crippen LogP contribution < -0.4 is 10.1 Å². The van der Waals surface area contributed by atoms with Gasteiger partial charge in [-0.25, -0.2) is 0 Å². The third kappa shape index (κ3) is 4.59. The van der Waals surface area contributed by atoms with Crippen LogP contribution in [0.2, 0.25) is 5.02 Å². The van der Waals surface area contributed by atoms with Crippen molar-refractivity contribution in [2.45, 2.75) is 0 Å². The maximum atomic E-state index is 12.4. The summed E-state index contributed by atoms with van der Waals surface area (Å²) >= 11 is 9.26. The van der Waals surface area contributed by atoms with Crippen molar-refractivity contribution < 1.29 is 14.5 Å². The van der Waals surface area contributed by atoms with E-state index in [2.05, 4.69) is 21.2 Å². The van der Waals surface area contributed by atoms with Crippen molar-refractivity contribution in [1.82, 2.24) is 0 Å². The molecule has 2 aromatic carbocycles. The number of rotatable bonds is 5. The molecule has 2 rings (SSSR count). The number of amides is 1. The number of nitriles is 1. The van der Waals surface area contributed by atoms with Crippen LogP contribution in [0.15, 0.2) is 46.4 Å². The van der Waals surface area contributed by atoms with E-state index < -0.39 is 10.8 Å².